The third-order valence-corrected chi connectivity index (χ3v) is 6.33. The smallest absolute Gasteiger partial charge is 0.259 e. The zero-order valence-electron chi connectivity index (χ0n) is 19.0. The summed E-state index contributed by atoms with van der Waals surface area (Å²) in [5.74, 6) is 0.689. The minimum atomic E-state index is -1.31. The molecular formula is C20H33N6O4P. The van der Waals surface area contributed by atoms with Gasteiger partial charge in [0.2, 0.25) is 0 Å². The van der Waals surface area contributed by atoms with Crippen LogP contribution in [-0.2, 0) is 32.0 Å². The fourth-order valence-electron chi connectivity index (χ4n) is 3.03. The molecule has 0 amide bonds. The van der Waals surface area contributed by atoms with Crippen molar-refractivity contribution in [2.75, 3.05) is 19.8 Å². The molecule has 172 valence electrons. The van der Waals surface area contributed by atoms with E-state index in [2.05, 4.69) is 53.4 Å². The molecule has 0 saturated heterocycles. The van der Waals surface area contributed by atoms with Crippen molar-refractivity contribution >= 4 is 19.7 Å². The lowest BCUT2D eigenvalue weighted by Gasteiger charge is -2.35. The molecule has 0 aliphatic heterocycles. The monoisotopic (exact) mass is 452 g/mol. The maximum Gasteiger partial charge on any atom is 0.259 e. The second-order valence-electron chi connectivity index (χ2n) is 7.38. The Kier molecular flexibility index (Phi) is 11.2. The second kappa shape index (κ2) is 13.6. The van der Waals surface area contributed by atoms with Gasteiger partial charge in [-0.15, -0.1) is 0 Å². The van der Waals surface area contributed by atoms with Crippen molar-refractivity contribution in [2.45, 2.75) is 72.7 Å². The van der Waals surface area contributed by atoms with Gasteiger partial charge in [0.25, 0.3) is 8.53 Å². The van der Waals surface area contributed by atoms with Crippen LogP contribution in [0, 0.1) is 11.3 Å². The summed E-state index contributed by atoms with van der Waals surface area (Å²) in [5, 5.41) is 8.85. The Morgan fingerprint density at radius 2 is 1.87 bits per heavy atom. The molecular weight excluding hydrogens is 419 g/mol. The molecule has 0 aliphatic rings. The fraction of sp³-hybridized carbons (Fsp3) is 0.700. The summed E-state index contributed by atoms with van der Waals surface area (Å²) in [6.07, 6.45) is 4.37. The van der Waals surface area contributed by atoms with Crippen molar-refractivity contribution in [1.29, 1.82) is 5.26 Å². The molecule has 10 nitrogen and oxygen atoms in total. The van der Waals surface area contributed by atoms with Crippen molar-refractivity contribution in [2.24, 2.45) is 0 Å². The Morgan fingerprint density at radius 1 is 1.13 bits per heavy atom. The zero-order valence-corrected chi connectivity index (χ0v) is 19.9. The van der Waals surface area contributed by atoms with E-state index in [9.17, 15) is 0 Å². The van der Waals surface area contributed by atoms with Crippen LogP contribution in [0.5, 0.6) is 0 Å². The number of fused-ring (bicyclic) bond motifs is 1. The third kappa shape index (κ3) is 7.72. The van der Waals surface area contributed by atoms with Crippen LogP contribution in [0.4, 0.5) is 0 Å². The Hall–Kier alpha value is -1.73. The first kappa shape index (κ1) is 25.5. The lowest BCUT2D eigenvalue weighted by molar-refractivity contribution is -0.305. The average molecular weight is 452 g/mol. The van der Waals surface area contributed by atoms with Crippen LogP contribution >= 0.6 is 8.53 Å². The summed E-state index contributed by atoms with van der Waals surface area (Å²) in [5.41, 5.74) is 1.40. The molecule has 2 heterocycles. The van der Waals surface area contributed by atoms with E-state index in [4.69, 9.17) is 24.1 Å². The van der Waals surface area contributed by atoms with Crippen molar-refractivity contribution in [3.8, 4) is 6.07 Å². The Balaban J connectivity index is 2.10. The molecule has 0 N–H and O–H groups in total. The van der Waals surface area contributed by atoms with Crippen LogP contribution in [0.1, 0.15) is 53.3 Å². The molecule has 0 bridgehead atoms. The van der Waals surface area contributed by atoms with Crippen molar-refractivity contribution < 1.29 is 18.8 Å². The van der Waals surface area contributed by atoms with Gasteiger partial charge in [0.1, 0.15) is 24.3 Å². The number of imidazole rings is 1. The highest BCUT2D eigenvalue weighted by atomic mass is 31.2. The quantitative estimate of drug-likeness (QED) is 0.172. The van der Waals surface area contributed by atoms with Crippen molar-refractivity contribution in [1.82, 2.24) is 24.2 Å². The van der Waals surface area contributed by atoms with Gasteiger partial charge in [-0.3, -0.25) is 0 Å². The van der Waals surface area contributed by atoms with Gasteiger partial charge in [0, 0.05) is 18.6 Å². The molecule has 0 aliphatic carbocycles. The van der Waals surface area contributed by atoms with Crippen LogP contribution in [0.3, 0.4) is 0 Å². The second-order valence-corrected chi connectivity index (χ2v) is 8.83. The summed E-state index contributed by atoms with van der Waals surface area (Å²) in [4.78, 5) is 23.4. The first-order valence-corrected chi connectivity index (χ1v) is 11.7. The maximum absolute atomic E-state index is 8.85. The fourth-order valence-corrected chi connectivity index (χ4v) is 4.61. The Morgan fingerprint density at radius 3 is 2.55 bits per heavy atom. The van der Waals surface area contributed by atoms with E-state index in [1.54, 1.807) is 6.20 Å². The van der Waals surface area contributed by atoms with E-state index in [1.807, 2.05) is 11.5 Å². The van der Waals surface area contributed by atoms with E-state index in [0.29, 0.717) is 49.8 Å². The first-order valence-electron chi connectivity index (χ1n) is 10.6. The van der Waals surface area contributed by atoms with E-state index in [0.717, 1.165) is 6.42 Å². The molecule has 1 unspecified atom stereocenters. The normalized spacial score (nSPS) is 12.9. The van der Waals surface area contributed by atoms with Crippen LogP contribution in [0.25, 0.3) is 11.2 Å². The molecule has 0 radical (unpaired) electrons. The van der Waals surface area contributed by atoms with E-state index in [-0.39, 0.29) is 18.7 Å². The number of hydrogen-bond acceptors (Lipinski definition) is 9. The van der Waals surface area contributed by atoms with Crippen LogP contribution in [0.2, 0.25) is 0 Å². The maximum atomic E-state index is 8.85. The van der Waals surface area contributed by atoms with Gasteiger partial charge in [-0.25, -0.2) is 29.4 Å². The summed E-state index contributed by atoms with van der Waals surface area (Å²) < 4.78 is 16.3. The van der Waals surface area contributed by atoms with E-state index < -0.39 is 8.53 Å². The zero-order chi connectivity index (χ0) is 22.6. The van der Waals surface area contributed by atoms with Crippen molar-refractivity contribution in [3.63, 3.8) is 0 Å². The molecule has 0 fully saturated rings. The SMILES string of the molecule is CCCOOCc1nc2cncnc2n1CCOP(OCCC#N)N(C(C)C)C(C)C. The van der Waals surface area contributed by atoms with E-state index in [1.165, 1.54) is 6.33 Å². The van der Waals surface area contributed by atoms with Crippen LogP contribution < -0.4 is 0 Å². The third-order valence-electron chi connectivity index (χ3n) is 4.23. The highest BCUT2D eigenvalue weighted by molar-refractivity contribution is 7.44. The highest BCUT2D eigenvalue weighted by Crippen LogP contribution is 2.45. The molecule has 0 aromatic carbocycles. The number of rotatable bonds is 15. The topological polar surface area (TPSA) is 108 Å². The van der Waals surface area contributed by atoms with Crippen molar-refractivity contribution in [3.05, 3.63) is 18.3 Å². The average Bonchev–Trinajstić information content (AvgIpc) is 3.08. The summed E-state index contributed by atoms with van der Waals surface area (Å²) in [6, 6.07) is 2.60. The van der Waals surface area contributed by atoms with Gasteiger partial charge in [0.05, 0.1) is 38.5 Å². The van der Waals surface area contributed by atoms with Gasteiger partial charge < -0.3 is 13.6 Å². The van der Waals surface area contributed by atoms with Gasteiger partial charge in [0.15, 0.2) is 5.65 Å². The molecule has 0 saturated carbocycles. The summed E-state index contributed by atoms with van der Waals surface area (Å²) >= 11 is 0. The summed E-state index contributed by atoms with van der Waals surface area (Å²) in [7, 11) is -1.31. The molecule has 2 aromatic heterocycles. The van der Waals surface area contributed by atoms with Gasteiger partial charge in [-0.1, -0.05) is 6.92 Å². The van der Waals surface area contributed by atoms with Crippen LogP contribution in [-0.4, -0.2) is 56.1 Å². The molecule has 0 spiro atoms. The first-order chi connectivity index (χ1) is 15.0. The number of nitrogens with zero attached hydrogens (tertiary/aromatic N) is 6. The predicted octanol–water partition coefficient (Wildman–Crippen LogP) is 3.98. The molecule has 2 rings (SSSR count). The number of hydrogen-bond donors (Lipinski definition) is 0. The predicted molar refractivity (Wildman–Crippen MR) is 118 cm³/mol. The Bertz CT molecular complexity index is 818. The van der Waals surface area contributed by atoms with Gasteiger partial charge in [-0.05, 0) is 34.1 Å². The Labute approximate surface area is 185 Å². The molecule has 2 aromatic rings. The standard InChI is InChI=1S/C20H33N6O4P/c1-6-10-27-28-14-19-24-18-13-22-15-23-20(18)25(19)9-12-30-31(29-11-7-8-21)26(16(2)3)17(4)5/h13,15-17H,6-7,9-12,14H2,1-5H3. The minimum Gasteiger partial charge on any atom is -0.321 e. The largest absolute Gasteiger partial charge is 0.321 e. The van der Waals surface area contributed by atoms with Crippen LogP contribution in [0.15, 0.2) is 12.5 Å². The number of aromatic nitrogens is 4. The molecule has 11 heteroatoms. The van der Waals surface area contributed by atoms with Gasteiger partial charge in [-0.2, -0.15) is 5.26 Å². The lowest BCUT2D eigenvalue weighted by Crippen LogP contribution is -2.34. The highest BCUT2D eigenvalue weighted by Gasteiger charge is 2.27. The minimum absolute atomic E-state index is 0.202. The molecule has 31 heavy (non-hydrogen) atoms. The van der Waals surface area contributed by atoms with Gasteiger partial charge >= 0.3 is 0 Å². The molecule has 1 atom stereocenters. The summed E-state index contributed by atoms with van der Waals surface area (Å²) in [6.45, 7) is 12.4. The van der Waals surface area contributed by atoms with E-state index >= 15 is 0 Å². The lowest BCUT2D eigenvalue weighted by atomic mass is 10.3. The number of nitriles is 1.